The quantitative estimate of drug-likeness (QED) is 0.658. The SMILES string of the molecule is CCN(CC)C(=O)CN1CCN(CC(=O)NCC#Cc2cccc(C(F)(F)F)c2)CC1. The number of hydrogen-bond donors (Lipinski definition) is 1. The third-order valence-corrected chi connectivity index (χ3v) is 5.10. The zero-order valence-corrected chi connectivity index (χ0v) is 18.0. The van der Waals surface area contributed by atoms with Crippen molar-refractivity contribution < 1.29 is 22.8 Å². The predicted octanol–water partition coefficient (Wildman–Crippen LogP) is 1.66. The average molecular weight is 438 g/mol. The molecule has 1 aromatic rings. The van der Waals surface area contributed by atoms with Crippen molar-refractivity contribution in [3.05, 3.63) is 35.4 Å². The van der Waals surface area contributed by atoms with Gasteiger partial charge in [0.1, 0.15) is 0 Å². The van der Waals surface area contributed by atoms with Crippen molar-refractivity contribution in [1.29, 1.82) is 0 Å². The molecule has 1 fully saturated rings. The lowest BCUT2D eigenvalue weighted by Gasteiger charge is -2.34. The highest BCUT2D eigenvalue weighted by atomic mass is 19.4. The van der Waals surface area contributed by atoms with Gasteiger partial charge in [0.05, 0.1) is 25.2 Å². The molecule has 1 aromatic carbocycles. The molecule has 31 heavy (non-hydrogen) atoms. The van der Waals surface area contributed by atoms with Crippen LogP contribution in [0.4, 0.5) is 13.2 Å². The molecule has 1 saturated heterocycles. The number of hydrogen-bond acceptors (Lipinski definition) is 4. The molecule has 0 aromatic heterocycles. The van der Waals surface area contributed by atoms with Gasteiger partial charge in [0.15, 0.2) is 0 Å². The minimum Gasteiger partial charge on any atom is -0.344 e. The maximum absolute atomic E-state index is 12.7. The van der Waals surface area contributed by atoms with Crippen molar-refractivity contribution in [2.45, 2.75) is 20.0 Å². The fraction of sp³-hybridized carbons (Fsp3) is 0.545. The Bertz CT molecular complexity index is 805. The molecule has 0 bridgehead atoms. The van der Waals surface area contributed by atoms with Crippen LogP contribution in [0.3, 0.4) is 0 Å². The Morgan fingerprint density at radius 3 is 2.26 bits per heavy atom. The highest BCUT2D eigenvalue weighted by Gasteiger charge is 2.30. The van der Waals surface area contributed by atoms with Crippen molar-refractivity contribution in [3.63, 3.8) is 0 Å². The first-order valence-corrected chi connectivity index (χ1v) is 10.4. The number of halogens is 3. The molecule has 0 saturated carbocycles. The molecular weight excluding hydrogens is 409 g/mol. The lowest BCUT2D eigenvalue weighted by molar-refractivity contribution is -0.137. The van der Waals surface area contributed by atoms with E-state index >= 15 is 0 Å². The zero-order valence-electron chi connectivity index (χ0n) is 18.0. The maximum Gasteiger partial charge on any atom is 0.416 e. The van der Waals surface area contributed by atoms with Crippen molar-refractivity contribution in [1.82, 2.24) is 20.0 Å². The van der Waals surface area contributed by atoms with E-state index in [1.807, 2.05) is 18.7 Å². The van der Waals surface area contributed by atoms with E-state index in [2.05, 4.69) is 22.1 Å². The van der Waals surface area contributed by atoms with E-state index in [1.165, 1.54) is 12.1 Å². The second kappa shape index (κ2) is 11.7. The molecule has 1 aliphatic rings. The third kappa shape index (κ3) is 8.23. The summed E-state index contributed by atoms with van der Waals surface area (Å²) in [5.41, 5.74) is -0.499. The van der Waals surface area contributed by atoms with E-state index in [-0.39, 0.29) is 30.5 Å². The molecular formula is C22H29F3N4O2. The topological polar surface area (TPSA) is 55.9 Å². The number of piperazine rings is 1. The number of nitrogens with zero attached hydrogens (tertiary/aromatic N) is 3. The summed E-state index contributed by atoms with van der Waals surface area (Å²) in [6.45, 7) is 8.82. The number of carbonyl (C=O) groups is 2. The maximum atomic E-state index is 12.7. The monoisotopic (exact) mass is 438 g/mol. The number of likely N-dealkylation sites (N-methyl/N-ethyl adjacent to an activating group) is 1. The Hall–Kier alpha value is -2.57. The van der Waals surface area contributed by atoms with Crippen molar-refractivity contribution in [3.8, 4) is 11.8 Å². The predicted molar refractivity (Wildman–Crippen MR) is 112 cm³/mol. The van der Waals surface area contributed by atoms with Gasteiger partial charge in [0, 0.05) is 44.8 Å². The third-order valence-electron chi connectivity index (χ3n) is 5.10. The molecule has 2 rings (SSSR count). The van der Waals surface area contributed by atoms with Crippen molar-refractivity contribution in [2.24, 2.45) is 0 Å². The summed E-state index contributed by atoms with van der Waals surface area (Å²) in [6, 6.07) is 4.78. The standard InChI is InChI=1S/C22H29F3N4O2/c1-3-29(4-2)21(31)17-28-13-11-27(12-14-28)16-20(30)26-10-6-8-18-7-5-9-19(15-18)22(23,24)25/h5,7,9,15H,3-4,10-14,16-17H2,1-2H3,(H,26,30). The summed E-state index contributed by atoms with van der Waals surface area (Å²) in [7, 11) is 0. The van der Waals surface area contributed by atoms with Crippen LogP contribution in [0, 0.1) is 11.8 Å². The van der Waals surface area contributed by atoms with Gasteiger partial charge in [0.2, 0.25) is 11.8 Å². The van der Waals surface area contributed by atoms with E-state index in [1.54, 1.807) is 4.90 Å². The Labute approximate surface area is 181 Å². The Morgan fingerprint density at radius 1 is 1.06 bits per heavy atom. The molecule has 0 spiro atoms. The fourth-order valence-electron chi connectivity index (χ4n) is 3.29. The summed E-state index contributed by atoms with van der Waals surface area (Å²) in [5.74, 6) is 5.25. The molecule has 1 N–H and O–H groups in total. The number of carbonyl (C=O) groups excluding carboxylic acids is 2. The van der Waals surface area contributed by atoms with E-state index in [9.17, 15) is 22.8 Å². The number of amides is 2. The van der Waals surface area contributed by atoms with Crippen LogP contribution in [-0.4, -0.2) is 85.4 Å². The molecule has 1 aliphatic heterocycles. The van der Waals surface area contributed by atoms with Crippen LogP contribution < -0.4 is 5.32 Å². The van der Waals surface area contributed by atoms with E-state index in [4.69, 9.17) is 0 Å². The van der Waals surface area contributed by atoms with Gasteiger partial charge in [-0.25, -0.2) is 0 Å². The van der Waals surface area contributed by atoms with Crippen LogP contribution in [0.1, 0.15) is 25.0 Å². The lowest BCUT2D eigenvalue weighted by atomic mass is 10.1. The van der Waals surface area contributed by atoms with Gasteiger partial charge in [-0.2, -0.15) is 13.2 Å². The molecule has 0 radical (unpaired) electrons. The molecule has 0 atom stereocenters. The number of nitrogens with one attached hydrogen (secondary N) is 1. The molecule has 9 heteroatoms. The van der Waals surface area contributed by atoms with Gasteiger partial charge < -0.3 is 10.2 Å². The van der Waals surface area contributed by atoms with Crippen LogP contribution in [0.2, 0.25) is 0 Å². The van der Waals surface area contributed by atoms with Crippen molar-refractivity contribution >= 4 is 11.8 Å². The second-order valence-corrected chi connectivity index (χ2v) is 7.28. The number of benzene rings is 1. The molecule has 6 nitrogen and oxygen atoms in total. The molecule has 170 valence electrons. The Kier molecular flexibility index (Phi) is 9.34. The minimum atomic E-state index is -4.41. The van der Waals surface area contributed by atoms with Gasteiger partial charge in [-0.1, -0.05) is 17.9 Å². The largest absolute Gasteiger partial charge is 0.416 e. The highest BCUT2D eigenvalue weighted by Crippen LogP contribution is 2.29. The van der Waals surface area contributed by atoms with Gasteiger partial charge in [-0.05, 0) is 32.0 Å². The van der Waals surface area contributed by atoms with Crippen LogP contribution in [-0.2, 0) is 15.8 Å². The average Bonchev–Trinajstić information content (AvgIpc) is 2.73. The number of rotatable bonds is 7. The number of alkyl halides is 3. The summed E-state index contributed by atoms with van der Waals surface area (Å²) >= 11 is 0. The van der Waals surface area contributed by atoms with Crippen LogP contribution in [0.15, 0.2) is 24.3 Å². The van der Waals surface area contributed by atoms with Gasteiger partial charge in [-0.3, -0.25) is 19.4 Å². The molecule has 0 unspecified atom stereocenters. The second-order valence-electron chi connectivity index (χ2n) is 7.28. The lowest BCUT2D eigenvalue weighted by Crippen LogP contribution is -2.52. The minimum absolute atomic E-state index is 0.0629. The Morgan fingerprint density at radius 2 is 1.68 bits per heavy atom. The van der Waals surface area contributed by atoms with Gasteiger partial charge >= 0.3 is 6.18 Å². The smallest absolute Gasteiger partial charge is 0.344 e. The van der Waals surface area contributed by atoms with Crippen LogP contribution in [0.5, 0.6) is 0 Å². The van der Waals surface area contributed by atoms with Crippen LogP contribution >= 0.6 is 0 Å². The molecule has 0 aliphatic carbocycles. The normalized spacial score (nSPS) is 15.1. The van der Waals surface area contributed by atoms with Crippen molar-refractivity contribution in [2.75, 3.05) is 58.9 Å². The first kappa shape index (κ1) is 24.7. The highest BCUT2D eigenvalue weighted by molar-refractivity contribution is 5.78. The van der Waals surface area contributed by atoms with E-state index in [0.717, 1.165) is 25.2 Å². The molecule has 2 amide bonds. The summed E-state index contributed by atoms with van der Waals surface area (Å²) < 4.78 is 38.1. The van der Waals surface area contributed by atoms with Crippen LogP contribution in [0.25, 0.3) is 0 Å². The summed E-state index contributed by atoms with van der Waals surface area (Å²) in [4.78, 5) is 30.2. The Balaban J connectivity index is 1.71. The summed E-state index contributed by atoms with van der Waals surface area (Å²) in [6.07, 6.45) is -4.41. The molecule has 1 heterocycles. The first-order valence-electron chi connectivity index (χ1n) is 10.4. The van der Waals surface area contributed by atoms with E-state index < -0.39 is 11.7 Å². The fourth-order valence-corrected chi connectivity index (χ4v) is 3.29. The van der Waals surface area contributed by atoms with Gasteiger partial charge in [0.25, 0.3) is 0 Å². The van der Waals surface area contributed by atoms with E-state index in [0.29, 0.717) is 32.7 Å². The zero-order chi connectivity index (χ0) is 22.9. The summed E-state index contributed by atoms with van der Waals surface area (Å²) in [5, 5.41) is 2.67. The van der Waals surface area contributed by atoms with Gasteiger partial charge in [-0.15, -0.1) is 0 Å². The first-order chi connectivity index (χ1) is 14.7.